The van der Waals surface area contributed by atoms with Crippen molar-refractivity contribution in [3.05, 3.63) is 34.6 Å². The molecule has 1 heterocycles. The number of halogens is 2. The lowest BCUT2D eigenvalue weighted by atomic mass is 9.99. The molecule has 1 aliphatic rings. The molecule has 1 unspecified atom stereocenters. The Morgan fingerprint density at radius 1 is 1.58 bits per heavy atom. The van der Waals surface area contributed by atoms with Crippen molar-refractivity contribution in [2.75, 3.05) is 26.7 Å². The van der Waals surface area contributed by atoms with E-state index in [1.54, 1.807) is 11.9 Å². The second kappa shape index (κ2) is 6.35. The minimum Gasteiger partial charge on any atom is -0.341 e. The van der Waals surface area contributed by atoms with Crippen molar-refractivity contribution < 1.29 is 9.18 Å². The number of amides is 1. The van der Waals surface area contributed by atoms with Crippen LogP contribution in [0.15, 0.2) is 18.2 Å². The number of benzene rings is 1. The minimum atomic E-state index is -0.564. The molecule has 1 fully saturated rings. The maximum Gasteiger partial charge on any atom is 0.256 e. The number of rotatable bonds is 3. The van der Waals surface area contributed by atoms with Crippen LogP contribution in [-0.4, -0.2) is 37.5 Å². The first-order valence-electron chi connectivity index (χ1n) is 6.49. The van der Waals surface area contributed by atoms with Crippen LogP contribution in [0.3, 0.4) is 0 Å². The summed E-state index contributed by atoms with van der Waals surface area (Å²) in [6, 6.07) is 4.15. The summed E-state index contributed by atoms with van der Waals surface area (Å²) >= 11 is 5.68. The van der Waals surface area contributed by atoms with Crippen LogP contribution >= 0.6 is 11.6 Å². The van der Waals surface area contributed by atoms with Crippen molar-refractivity contribution in [3.63, 3.8) is 0 Å². The van der Waals surface area contributed by atoms with Gasteiger partial charge in [-0.1, -0.05) is 11.6 Å². The highest BCUT2D eigenvalue weighted by Gasteiger charge is 2.21. The van der Waals surface area contributed by atoms with E-state index in [1.165, 1.54) is 18.2 Å². The average molecular weight is 285 g/mol. The number of carbonyl (C=O) groups excluding carboxylic acids is 1. The molecule has 3 nitrogen and oxygen atoms in total. The number of nitrogens with zero attached hydrogens (tertiary/aromatic N) is 1. The van der Waals surface area contributed by atoms with Crippen LogP contribution in [0.5, 0.6) is 0 Å². The number of hydrogen-bond donors (Lipinski definition) is 1. The first-order chi connectivity index (χ1) is 9.08. The standard InChI is InChI=1S/C14H18ClFN2O/c1-18(9-10-3-2-6-17-8-10)14(19)12-5-4-11(15)7-13(12)16/h4-5,7,10,17H,2-3,6,8-9H2,1H3. The lowest BCUT2D eigenvalue weighted by molar-refractivity contribution is 0.0760. The SMILES string of the molecule is CN(CC1CCCNC1)C(=O)c1ccc(Cl)cc1F. The van der Waals surface area contributed by atoms with Gasteiger partial charge in [0.1, 0.15) is 5.82 Å². The van der Waals surface area contributed by atoms with Crippen LogP contribution in [0.2, 0.25) is 5.02 Å². The quantitative estimate of drug-likeness (QED) is 0.925. The molecule has 1 aromatic rings. The second-order valence-corrected chi connectivity index (χ2v) is 5.46. The lowest BCUT2D eigenvalue weighted by Gasteiger charge is -2.27. The van der Waals surface area contributed by atoms with Crippen LogP contribution in [0, 0.1) is 11.7 Å². The van der Waals surface area contributed by atoms with E-state index in [-0.39, 0.29) is 11.5 Å². The predicted octanol–water partition coefficient (Wildman–Crippen LogP) is 2.55. The van der Waals surface area contributed by atoms with Gasteiger partial charge in [0.25, 0.3) is 5.91 Å². The smallest absolute Gasteiger partial charge is 0.256 e. The molecule has 1 saturated heterocycles. The van der Waals surface area contributed by atoms with Gasteiger partial charge in [0.2, 0.25) is 0 Å². The molecule has 0 bridgehead atoms. The van der Waals surface area contributed by atoms with Gasteiger partial charge in [-0.25, -0.2) is 4.39 Å². The van der Waals surface area contributed by atoms with Gasteiger partial charge >= 0.3 is 0 Å². The zero-order valence-electron chi connectivity index (χ0n) is 11.0. The van der Waals surface area contributed by atoms with Gasteiger partial charge in [0.05, 0.1) is 5.56 Å². The highest BCUT2D eigenvalue weighted by Crippen LogP contribution is 2.17. The number of carbonyl (C=O) groups is 1. The Balaban J connectivity index is 2.01. The Labute approximate surface area is 117 Å². The maximum absolute atomic E-state index is 13.7. The molecule has 1 aromatic carbocycles. The van der Waals surface area contributed by atoms with Gasteiger partial charge in [-0.15, -0.1) is 0 Å². The van der Waals surface area contributed by atoms with Crippen LogP contribution in [0.4, 0.5) is 4.39 Å². The molecule has 1 amide bonds. The summed E-state index contributed by atoms with van der Waals surface area (Å²) in [7, 11) is 1.71. The Hall–Kier alpha value is -1.13. The normalized spacial score (nSPS) is 19.2. The Bertz CT molecular complexity index is 461. The van der Waals surface area contributed by atoms with Crippen molar-refractivity contribution in [3.8, 4) is 0 Å². The monoisotopic (exact) mass is 284 g/mol. The zero-order chi connectivity index (χ0) is 13.8. The summed E-state index contributed by atoms with van der Waals surface area (Å²) in [5.41, 5.74) is 0.0793. The summed E-state index contributed by atoms with van der Waals surface area (Å²) in [5, 5.41) is 3.61. The van der Waals surface area contributed by atoms with Crippen molar-refractivity contribution in [1.82, 2.24) is 10.2 Å². The van der Waals surface area contributed by atoms with Gasteiger partial charge in [0.15, 0.2) is 0 Å². The summed E-state index contributed by atoms with van der Waals surface area (Å²) in [4.78, 5) is 13.8. The van der Waals surface area contributed by atoms with Crippen molar-refractivity contribution >= 4 is 17.5 Å². The minimum absolute atomic E-state index is 0.0793. The first-order valence-corrected chi connectivity index (χ1v) is 6.87. The van der Waals surface area contributed by atoms with Gasteiger partial charge in [-0.2, -0.15) is 0 Å². The van der Waals surface area contributed by atoms with E-state index in [0.29, 0.717) is 17.5 Å². The lowest BCUT2D eigenvalue weighted by Crippen LogP contribution is -2.39. The molecular formula is C14H18ClFN2O. The average Bonchev–Trinajstić information content (AvgIpc) is 2.39. The van der Waals surface area contributed by atoms with E-state index < -0.39 is 5.82 Å². The Morgan fingerprint density at radius 3 is 3.00 bits per heavy atom. The van der Waals surface area contributed by atoms with E-state index in [4.69, 9.17) is 11.6 Å². The van der Waals surface area contributed by atoms with Gasteiger partial charge < -0.3 is 10.2 Å². The van der Waals surface area contributed by atoms with Crippen molar-refractivity contribution in [2.24, 2.45) is 5.92 Å². The summed E-state index contributed by atoms with van der Waals surface area (Å²) in [5.74, 6) is -0.413. The van der Waals surface area contributed by atoms with E-state index in [2.05, 4.69) is 5.32 Å². The van der Waals surface area contributed by atoms with E-state index in [9.17, 15) is 9.18 Å². The third-order valence-corrected chi connectivity index (χ3v) is 3.67. The zero-order valence-corrected chi connectivity index (χ0v) is 11.7. The fraction of sp³-hybridized carbons (Fsp3) is 0.500. The van der Waals surface area contributed by atoms with Crippen molar-refractivity contribution in [2.45, 2.75) is 12.8 Å². The molecule has 104 valence electrons. The maximum atomic E-state index is 13.7. The molecule has 1 atom stereocenters. The number of piperidine rings is 1. The molecule has 19 heavy (non-hydrogen) atoms. The van der Waals surface area contributed by atoms with Gasteiger partial charge in [0, 0.05) is 18.6 Å². The van der Waals surface area contributed by atoms with Crippen LogP contribution in [0.25, 0.3) is 0 Å². The first kappa shape index (κ1) is 14.3. The fourth-order valence-corrected chi connectivity index (χ4v) is 2.58. The van der Waals surface area contributed by atoms with Crippen molar-refractivity contribution in [1.29, 1.82) is 0 Å². The second-order valence-electron chi connectivity index (χ2n) is 5.02. The summed E-state index contributed by atoms with van der Waals surface area (Å²) in [6.45, 7) is 2.61. The van der Waals surface area contributed by atoms with Gasteiger partial charge in [-0.05, 0) is 50.0 Å². The summed E-state index contributed by atoms with van der Waals surface area (Å²) in [6.07, 6.45) is 2.23. The predicted molar refractivity (Wildman–Crippen MR) is 74.0 cm³/mol. The molecule has 0 saturated carbocycles. The number of hydrogen-bond acceptors (Lipinski definition) is 2. The molecule has 1 N–H and O–H groups in total. The van der Waals surface area contributed by atoms with E-state index >= 15 is 0 Å². The summed E-state index contributed by atoms with van der Waals surface area (Å²) < 4.78 is 13.7. The third kappa shape index (κ3) is 3.67. The molecule has 0 aromatic heterocycles. The fourth-order valence-electron chi connectivity index (χ4n) is 2.42. The largest absolute Gasteiger partial charge is 0.341 e. The Morgan fingerprint density at radius 2 is 2.37 bits per heavy atom. The molecule has 5 heteroatoms. The molecule has 0 spiro atoms. The molecule has 0 aliphatic carbocycles. The highest BCUT2D eigenvalue weighted by atomic mass is 35.5. The molecular weight excluding hydrogens is 267 g/mol. The third-order valence-electron chi connectivity index (χ3n) is 3.44. The van der Waals surface area contributed by atoms with E-state index in [1.807, 2.05) is 0 Å². The number of nitrogens with one attached hydrogen (secondary N) is 1. The van der Waals surface area contributed by atoms with Crippen LogP contribution in [-0.2, 0) is 0 Å². The molecule has 1 aliphatic heterocycles. The van der Waals surface area contributed by atoms with E-state index in [0.717, 1.165) is 25.9 Å². The highest BCUT2D eigenvalue weighted by molar-refractivity contribution is 6.30. The molecule has 0 radical (unpaired) electrons. The van der Waals surface area contributed by atoms with Gasteiger partial charge in [-0.3, -0.25) is 4.79 Å². The Kier molecular flexibility index (Phi) is 4.77. The van der Waals surface area contributed by atoms with Crippen LogP contribution < -0.4 is 5.32 Å². The molecule has 2 rings (SSSR count). The van der Waals surface area contributed by atoms with Crippen LogP contribution in [0.1, 0.15) is 23.2 Å². The topological polar surface area (TPSA) is 32.3 Å².